The van der Waals surface area contributed by atoms with Crippen molar-refractivity contribution in [2.24, 2.45) is 5.92 Å². The van der Waals surface area contributed by atoms with Gasteiger partial charge in [-0.2, -0.15) is 0 Å². The molecule has 1 aliphatic rings. The smallest absolute Gasteiger partial charge is 0.255 e. The summed E-state index contributed by atoms with van der Waals surface area (Å²) in [5.74, 6) is 0.323. The van der Waals surface area contributed by atoms with Crippen molar-refractivity contribution < 1.29 is 9.53 Å². The lowest BCUT2D eigenvalue weighted by Gasteiger charge is -2.21. The Kier molecular flexibility index (Phi) is 3.98. The van der Waals surface area contributed by atoms with Gasteiger partial charge in [0, 0.05) is 43.3 Å². The van der Waals surface area contributed by atoms with Crippen LogP contribution in [0.3, 0.4) is 0 Å². The average molecular weight is 300 g/mol. The Morgan fingerprint density at radius 2 is 2.27 bits per heavy atom. The zero-order valence-corrected chi connectivity index (χ0v) is 12.9. The summed E-state index contributed by atoms with van der Waals surface area (Å²) in [5, 5.41) is 0.550. The highest BCUT2D eigenvalue weighted by Crippen LogP contribution is 2.18. The number of ether oxygens (including phenoxy) is 1. The normalized spacial score (nSPS) is 17.8. The minimum atomic E-state index is -0.0706. The fourth-order valence-corrected chi connectivity index (χ4v) is 2.98. The molecule has 1 atom stereocenters. The van der Waals surface area contributed by atoms with Crippen molar-refractivity contribution in [2.45, 2.75) is 13.3 Å². The Morgan fingerprint density at radius 1 is 1.45 bits per heavy atom. The number of para-hydroxylation sites is 1. The molecule has 1 fully saturated rings. The summed E-state index contributed by atoms with van der Waals surface area (Å²) >= 11 is 0. The summed E-state index contributed by atoms with van der Waals surface area (Å²) in [5.41, 5.74) is 1.85. The third kappa shape index (κ3) is 2.76. The van der Waals surface area contributed by atoms with Crippen molar-refractivity contribution in [1.82, 2.24) is 9.88 Å². The molecule has 3 rings (SSSR count). The highest BCUT2D eigenvalue weighted by molar-refractivity contribution is 6.05. The lowest BCUT2D eigenvalue weighted by molar-refractivity contribution is 0.0768. The molecule has 2 aromatic rings. The van der Waals surface area contributed by atoms with Crippen molar-refractivity contribution in [3.63, 3.8) is 0 Å². The molecule has 1 aromatic carbocycles. The topological polar surface area (TPSA) is 62.4 Å². The van der Waals surface area contributed by atoms with Crippen LogP contribution in [0.25, 0.3) is 10.9 Å². The van der Waals surface area contributed by atoms with E-state index < -0.39 is 0 Å². The van der Waals surface area contributed by atoms with Gasteiger partial charge in [-0.05, 0) is 25.5 Å². The van der Waals surface area contributed by atoms with Gasteiger partial charge in [0.2, 0.25) is 0 Å². The Hall–Kier alpha value is -2.14. The zero-order chi connectivity index (χ0) is 15.7. The van der Waals surface area contributed by atoms with Gasteiger partial charge in [0.1, 0.15) is 0 Å². The summed E-state index contributed by atoms with van der Waals surface area (Å²) in [6, 6.07) is 6.82. The predicted molar refractivity (Wildman–Crippen MR) is 85.2 cm³/mol. The molecule has 5 heteroatoms. The van der Waals surface area contributed by atoms with E-state index >= 15 is 0 Å². The van der Waals surface area contributed by atoms with E-state index in [1.54, 1.807) is 36.2 Å². The third-order valence-electron chi connectivity index (χ3n) is 4.13. The zero-order valence-electron chi connectivity index (χ0n) is 12.9. The largest absolute Gasteiger partial charge is 0.381 e. The SMILES string of the molecule is Cc1cc(=O)c2cccc(C(=O)N(C)CC3CCOC3)c2[nH]1. The first-order chi connectivity index (χ1) is 10.6. The number of aromatic amines is 1. The number of carbonyl (C=O) groups is 1. The molecule has 22 heavy (non-hydrogen) atoms. The Bertz CT molecular complexity index is 760. The van der Waals surface area contributed by atoms with E-state index in [2.05, 4.69) is 4.98 Å². The second-order valence-electron chi connectivity index (χ2n) is 5.96. The van der Waals surface area contributed by atoms with Crippen molar-refractivity contribution >= 4 is 16.8 Å². The number of hydrogen-bond acceptors (Lipinski definition) is 3. The number of pyridine rings is 1. The number of amides is 1. The predicted octanol–water partition coefficient (Wildman–Crippen LogP) is 1.95. The fraction of sp³-hybridized carbons (Fsp3) is 0.412. The van der Waals surface area contributed by atoms with Crippen molar-refractivity contribution in [3.8, 4) is 0 Å². The minimum Gasteiger partial charge on any atom is -0.381 e. The maximum absolute atomic E-state index is 12.7. The van der Waals surface area contributed by atoms with E-state index in [0.717, 1.165) is 18.7 Å². The molecule has 1 amide bonds. The van der Waals surface area contributed by atoms with Crippen LogP contribution >= 0.6 is 0 Å². The van der Waals surface area contributed by atoms with Gasteiger partial charge in [-0.3, -0.25) is 9.59 Å². The molecule has 1 aliphatic heterocycles. The molecular formula is C17H20N2O3. The van der Waals surface area contributed by atoms with Gasteiger partial charge in [-0.1, -0.05) is 6.07 Å². The first kappa shape index (κ1) is 14.8. The highest BCUT2D eigenvalue weighted by atomic mass is 16.5. The standard InChI is InChI=1S/C17H20N2O3/c1-11-8-15(20)13-4-3-5-14(16(13)18-11)17(21)19(2)9-12-6-7-22-10-12/h3-5,8,12H,6-7,9-10H2,1-2H3,(H,18,20). The van der Waals surface area contributed by atoms with E-state index in [0.29, 0.717) is 35.5 Å². The van der Waals surface area contributed by atoms with Gasteiger partial charge < -0.3 is 14.6 Å². The quantitative estimate of drug-likeness (QED) is 0.942. The van der Waals surface area contributed by atoms with Crippen LogP contribution in [0.5, 0.6) is 0 Å². The van der Waals surface area contributed by atoms with Gasteiger partial charge >= 0.3 is 0 Å². The number of nitrogens with one attached hydrogen (secondary N) is 1. The maximum Gasteiger partial charge on any atom is 0.255 e. The summed E-state index contributed by atoms with van der Waals surface area (Å²) in [7, 11) is 1.80. The van der Waals surface area contributed by atoms with E-state index in [1.807, 2.05) is 6.92 Å². The van der Waals surface area contributed by atoms with Gasteiger partial charge in [-0.25, -0.2) is 0 Å². The molecule has 1 saturated heterocycles. The molecule has 5 nitrogen and oxygen atoms in total. The molecule has 1 N–H and O–H groups in total. The molecule has 0 bridgehead atoms. The molecule has 0 saturated carbocycles. The third-order valence-corrected chi connectivity index (χ3v) is 4.13. The van der Waals surface area contributed by atoms with Crippen molar-refractivity contribution in [1.29, 1.82) is 0 Å². The number of carbonyl (C=O) groups excluding carboxylic acids is 1. The Labute approximate surface area is 128 Å². The van der Waals surface area contributed by atoms with Crippen LogP contribution < -0.4 is 5.43 Å². The lowest BCUT2D eigenvalue weighted by Crippen LogP contribution is -2.32. The number of fused-ring (bicyclic) bond motifs is 1. The molecule has 1 aromatic heterocycles. The Morgan fingerprint density at radius 3 is 3.00 bits per heavy atom. The number of aromatic nitrogens is 1. The second kappa shape index (κ2) is 5.93. The molecule has 0 aliphatic carbocycles. The number of benzene rings is 1. The van der Waals surface area contributed by atoms with Crippen LogP contribution in [0, 0.1) is 12.8 Å². The highest BCUT2D eigenvalue weighted by Gasteiger charge is 2.22. The average Bonchev–Trinajstić information content (AvgIpc) is 2.98. The summed E-state index contributed by atoms with van der Waals surface area (Å²) in [6.45, 7) is 3.98. The van der Waals surface area contributed by atoms with E-state index in [-0.39, 0.29) is 11.3 Å². The van der Waals surface area contributed by atoms with Crippen LogP contribution in [0.2, 0.25) is 0 Å². The lowest BCUT2D eigenvalue weighted by atomic mass is 10.1. The first-order valence-electron chi connectivity index (χ1n) is 7.52. The fourth-order valence-electron chi connectivity index (χ4n) is 2.98. The van der Waals surface area contributed by atoms with Gasteiger partial charge in [0.15, 0.2) is 5.43 Å². The van der Waals surface area contributed by atoms with Crippen LogP contribution in [0.1, 0.15) is 22.5 Å². The van der Waals surface area contributed by atoms with Gasteiger partial charge in [0.25, 0.3) is 5.91 Å². The molecular weight excluding hydrogens is 280 g/mol. The van der Waals surface area contributed by atoms with Crippen molar-refractivity contribution in [3.05, 3.63) is 45.7 Å². The van der Waals surface area contributed by atoms with E-state index in [9.17, 15) is 9.59 Å². The van der Waals surface area contributed by atoms with E-state index in [1.165, 1.54) is 0 Å². The second-order valence-corrected chi connectivity index (χ2v) is 5.96. The summed E-state index contributed by atoms with van der Waals surface area (Å²) in [6.07, 6.45) is 0.989. The van der Waals surface area contributed by atoms with E-state index in [4.69, 9.17) is 4.74 Å². The van der Waals surface area contributed by atoms with Crippen LogP contribution in [-0.4, -0.2) is 42.6 Å². The summed E-state index contributed by atoms with van der Waals surface area (Å²) < 4.78 is 5.36. The first-order valence-corrected chi connectivity index (χ1v) is 7.52. The van der Waals surface area contributed by atoms with Crippen LogP contribution in [0.4, 0.5) is 0 Å². The molecule has 2 heterocycles. The monoisotopic (exact) mass is 300 g/mol. The van der Waals surface area contributed by atoms with Gasteiger partial charge in [-0.15, -0.1) is 0 Å². The minimum absolute atomic E-state index is 0.0623. The number of hydrogen-bond donors (Lipinski definition) is 1. The number of nitrogens with zero attached hydrogens (tertiary/aromatic N) is 1. The molecule has 0 spiro atoms. The summed E-state index contributed by atoms with van der Waals surface area (Å²) in [4.78, 5) is 29.7. The van der Waals surface area contributed by atoms with Crippen LogP contribution in [0.15, 0.2) is 29.1 Å². The number of aryl methyl sites for hydroxylation is 1. The van der Waals surface area contributed by atoms with Crippen LogP contribution in [-0.2, 0) is 4.74 Å². The van der Waals surface area contributed by atoms with Crippen molar-refractivity contribution in [2.75, 3.05) is 26.8 Å². The molecule has 116 valence electrons. The molecule has 1 unspecified atom stereocenters. The Balaban J connectivity index is 1.94. The number of H-pyrrole nitrogens is 1. The van der Waals surface area contributed by atoms with Gasteiger partial charge in [0.05, 0.1) is 17.7 Å². The maximum atomic E-state index is 12.7. The molecule has 0 radical (unpaired) electrons. The number of rotatable bonds is 3.